The Morgan fingerprint density at radius 3 is 2.50 bits per heavy atom. The van der Waals surface area contributed by atoms with Gasteiger partial charge in [-0.05, 0) is 61.8 Å². The normalized spacial score (nSPS) is 28.1. The van der Waals surface area contributed by atoms with Gasteiger partial charge in [-0.25, -0.2) is 0 Å². The van der Waals surface area contributed by atoms with Crippen molar-refractivity contribution in [1.29, 1.82) is 0 Å². The highest BCUT2D eigenvalue weighted by molar-refractivity contribution is 9.10. The fraction of sp³-hybridized carbons (Fsp3) is 0.562. The Hall–Kier alpha value is -0.630. The van der Waals surface area contributed by atoms with Gasteiger partial charge in [0.25, 0.3) is 0 Å². The maximum atomic E-state index is 12.5. The number of hydrogen-bond acceptors (Lipinski definition) is 1. The molecule has 1 aliphatic carbocycles. The zero-order chi connectivity index (χ0) is 13.3. The molecule has 0 amide bonds. The number of Topliss-reactive ketones (excluding diaryl/α,β-unsaturated/α-hetero) is 1. The molecule has 3 atom stereocenters. The van der Waals surface area contributed by atoms with Gasteiger partial charge in [0, 0.05) is 16.0 Å². The van der Waals surface area contributed by atoms with Crippen LogP contribution >= 0.6 is 15.9 Å². The SMILES string of the molecule is Cc1cc(Br)cc(C(=O)C2CCC(C)C(C)C2)c1. The summed E-state index contributed by atoms with van der Waals surface area (Å²) in [5.41, 5.74) is 2.01. The fourth-order valence-electron chi connectivity index (χ4n) is 2.90. The van der Waals surface area contributed by atoms with Crippen LogP contribution in [-0.4, -0.2) is 5.78 Å². The second-order valence-corrected chi connectivity index (χ2v) is 6.76. The molecule has 0 radical (unpaired) electrons. The Morgan fingerprint density at radius 1 is 1.17 bits per heavy atom. The van der Waals surface area contributed by atoms with Gasteiger partial charge >= 0.3 is 0 Å². The van der Waals surface area contributed by atoms with Crippen LogP contribution in [0.2, 0.25) is 0 Å². The van der Waals surface area contributed by atoms with E-state index in [1.165, 1.54) is 6.42 Å². The summed E-state index contributed by atoms with van der Waals surface area (Å²) < 4.78 is 1.00. The van der Waals surface area contributed by atoms with Crippen LogP contribution < -0.4 is 0 Å². The van der Waals surface area contributed by atoms with Crippen molar-refractivity contribution in [1.82, 2.24) is 0 Å². The molecule has 0 bridgehead atoms. The zero-order valence-corrected chi connectivity index (χ0v) is 13.0. The first-order chi connectivity index (χ1) is 8.47. The van der Waals surface area contributed by atoms with Gasteiger partial charge in [0.2, 0.25) is 0 Å². The molecule has 1 nitrogen and oxygen atoms in total. The van der Waals surface area contributed by atoms with E-state index < -0.39 is 0 Å². The summed E-state index contributed by atoms with van der Waals surface area (Å²) in [6.07, 6.45) is 3.28. The number of carbonyl (C=O) groups excluding carboxylic acids is 1. The third-order valence-electron chi connectivity index (χ3n) is 4.30. The molecule has 0 N–H and O–H groups in total. The van der Waals surface area contributed by atoms with Crippen LogP contribution in [-0.2, 0) is 0 Å². The van der Waals surface area contributed by atoms with Crippen molar-refractivity contribution in [3.05, 3.63) is 33.8 Å². The molecular weight excluding hydrogens is 288 g/mol. The second kappa shape index (κ2) is 5.56. The largest absolute Gasteiger partial charge is 0.294 e. The number of benzene rings is 1. The minimum atomic E-state index is 0.227. The standard InChI is InChI=1S/C16H21BrO/c1-10-6-14(9-15(17)7-10)16(18)13-5-4-11(2)12(3)8-13/h6-7,9,11-13H,4-5,8H2,1-3H3. The van der Waals surface area contributed by atoms with Gasteiger partial charge in [0.1, 0.15) is 0 Å². The van der Waals surface area contributed by atoms with E-state index in [0.29, 0.717) is 11.7 Å². The first kappa shape index (κ1) is 13.8. The topological polar surface area (TPSA) is 17.1 Å². The van der Waals surface area contributed by atoms with E-state index in [-0.39, 0.29) is 5.92 Å². The maximum Gasteiger partial charge on any atom is 0.165 e. The number of halogens is 1. The number of hydrogen-bond donors (Lipinski definition) is 0. The summed E-state index contributed by atoms with van der Waals surface area (Å²) in [5, 5.41) is 0. The maximum absolute atomic E-state index is 12.5. The number of rotatable bonds is 2. The molecule has 2 heteroatoms. The molecule has 0 heterocycles. The molecule has 3 unspecified atom stereocenters. The van der Waals surface area contributed by atoms with Gasteiger partial charge < -0.3 is 0 Å². The summed E-state index contributed by atoms with van der Waals surface area (Å²) in [6, 6.07) is 6.01. The van der Waals surface area contributed by atoms with Crippen molar-refractivity contribution in [3.8, 4) is 0 Å². The molecule has 1 aliphatic rings. The highest BCUT2D eigenvalue weighted by atomic mass is 79.9. The summed E-state index contributed by atoms with van der Waals surface area (Å²) in [6.45, 7) is 6.61. The average molecular weight is 309 g/mol. The van der Waals surface area contributed by atoms with E-state index in [1.54, 1.807) is 0 Å². The molecule has 0 aromatic heterocycles. The second-order valence-electron chi connectivity index (χ2n) is 5.85. The Bertz CT molecular complexity index is 432. The lowest BCUT2D eigenvalue weighted by Gasteiger charge is -2.31. The monoisotopic (exact) mass is 308 g/mol. The van der Waals surface area contributed by atoms with E-state index >= 15 is 0 Å². The third kappa shape index (κ3) is 3.03. The molecule has 1 aromatic rings. The zero-order valence-electron chi connectivity index (χ0n) is 11.4. The Morgan fingerprint density at radius 2 is 1.89 bits per heavy atom. The molecule has 1 aromatic carbocycles. The van der Waals surface area contributed by atoms with Crippen molar-refractivity contribution in [2.24, 2.45) is 17.8 Å². The van der Waals surface area contributed by atoms with Crippen LogP contribution in [0.1, 0.15) is 49.0 Å². The van der Waals surface area contributed by atoms with Crippen LogP contribution in [0.3, 0.4) is 0 Å². The van der Waals surface area contributed by atoms with Gasteiger partial charge in [-0.15, -0.1) is 0 Å². The van der Waals surface area contributed by atoms with Crippen LogP contribution in [0.15, 0.2) is 22.7 Å². The Kier molecular flexibility index (Phi) is 4.26. The lowest BCUT2D eigenvalue weighted by molar-refractivity contribution is 0.0837. The Labute approximate surface area is 118 Å². The molecule has 1 fully saturated rings. The molecule has 1 saturated carbocycles. The number of ketones is 1. The lowest BCUT2D eigenvalue weighted by Crippen LogP contribution is -2.26. The van der Waals surface area contributed by atoms with E-state index in [4.69, 9.17) is 0 Å². The molecule has 0 spiro atoms. The van der Waals surface area contributed by atoms with Crippen LogP contribution in [0.25, 0.3) is 0 Å². The molecule has 0 aliphatic heterocycles. The summed E-state index contributed by atoms with van der Waals surface area (Å²) in [5.74, 6) is 1.99. The first-order valence-electron chi connectivity index (χ1n) is 6.78. The van der Waals surface area contributed by atoms with E-state index in [2.05, 4.69) is 29.8 Å². The minimum absolute atomic E-state index is 0.227. The molecule has 2 rings (SSSR count). The summed E-state index contributed by atoms with van der Waals surface area (Å²) >= 11 is 3.47. The Balaban J connectivity index is 2.16. The average Bonchev–Trinajstić information content (AvgIpc) is 2.30. The quantitative estimate of drug-likeness (QED) is 0.702. The van der Waals surface area contributed by atoms with Crippen LogP contribution in [0.5, 0.6) is 0 Å². The summed E-state index contributed by atoms with van der Waals surface area (Å²) in [7, 11) is 0. The number of carbonyl (C=O) groups is 1. The van der Waals surface area contributed by atoms with E-state index in [0.717, 1.165) is 34.4 Å². The van der Waals surface area contributed by atoms with Crippen molar-refractivity contribution in [2.45, 2.75) is 40.0 Å². The number of aryl methyl sites for hydroxylation is 1. The fourth-order valence-corrected chi connectivity index (χ4v) is 3.51. The van der Waals surface area contributed by atoms with Crippen LogP contribution in [0.4, 0.5) is 0 Å². The summed E-state index contributed by atoms with van der Waals surface area (Å²) in [4.78, 5) is 12.5. The smallest absolute Gasteiger partial charge is 0.165 e. The van der Waals surface area contributed by atoms with Gasteiger partial charge in [0.15, 0.2) is 5.78 Å². The lowest BCUT2D eigenvalue weighted by atomic mass is 9.73. The minimum Gasteiger partial charge on any atom is -0.294 e. The molecule has 0 saturated heterocycles. The van der Waals surface area contributed by atoms with Crippen molar-refractivity contribution >= 4 is 21.7 Å². The van der Waals surface area contributed by atoms with Crippen molar-refractivity contribution in [2.75, 3.05) is 0 Å². The molecule has 98 valence electrons. The predicted molar refractivity (Wildman–Crippen MR) is 78.9 cm³/mol. The van der Waals surface area contributed by atoms with Crippen molar-refractivity contribution < 1.29 is 4.79 Å². The van der Waals surface area contributed by atoms with Crippen molar-refractivity contribution in [3.63, 3.8) is 0 Å². The molecular formula is C16H21BrO. The predicted octanol–water partition coefficient (Wildman–Crippen LogP) is 5.01. The van der Waals surface area contributed by atoms with Gasteiger partial charge in [0.05, 0.1) is 0 Å². The van der Waals surface area contributed by atoms with Gasteiger partial charge in [-0.3, -0.25) is 4.79 Å². The highest BCUT2D eigenvalue weighted by Crippen LogP contribution is 2.35. The van der Waals surface area contributed by atoms with E-state index in [9.17, 15) is 4.79 Å². The molecule has 18 heavy (non-hydrogen) atoms. The van der Waals surface area contributed by atoms with Gasteiger partial charge in [-0.1, -0.05) is 29.8 Å². The van der Waals surface area contributed by atoms with Crippen LogP contribution in [0, 0.1) is 24.7 Å². The third-order valence-corrected chi connectivity index (χ3v) is 4.75. The van der Waals surface area contributed by atoms with E-state index in [1.807, 2.05) is 25.1 Å². The van der Waals surface area contributed by atoms with Gasteiger partial charge in [-0.2, -0.15) is 0 Å². The highest BCUT2D eigenvalue weighted by Gasteiger charge is 2.29. The first-order valence-corrected chi connectivity index (χ1v) is 7.58.